The summed E-state index contributed by atoms with van der Waals surface area (Å²) in [6.45, 7) is 2.71. The summed E-state index contributed by atoms with van der Waals surface area (Å²) in [4.78, 5) is 2.09. The summed E-state index contributed by atoms with van der Waals surface area (Å²) in [6.07, 6.45) is 0. The van der Waals surface area contributed by atoms with E-state index >= 15 is 0 Å². The first-order chi connectivity index (χ1) is 7.60. The lowest BCUT2D eigenvalue weighted by Crippen LogP contribution is -2.32. The molecule has 0 spiro atoms. The van der Waals surface area contributed by atoms with Crippen molar-refractivity contribution in [3.8, 4) is 0 Å². The summed E-state index contributed by atoms with van der Waals surface area (Å²) >= 11 is 6.04. The number of ether oxygens (including phenoxy) is 1. The fourth-order valence-corrected chi connectivity index (χ4v) is 1.73. The third-order valence-electron chi connectivity index (χ3n) is 2.68. The Morgan fingerprint density at radius 3 is 2.69 bits per heavy atom. The molecule has 0 amide bonds. The molecule has 1 aromatic carbocycles. The van der Waals surface area contributed by atoms with Crippen LogP contribution in [0.3, 0.4) is 0 Å². The van der Waals surface area contributed by atoms with Crippen LogP contribution >= 0.6 is 11.6 Å². The summed E-state index contributed by atoms with van der Waals surface area (Å²) in [7, 11) is 3.68. The molecule has 0 bridgehead atoms. The van der Waals surface area contributed by atoms with Gasteiger partial charge >= 0.3 is 0 Å². The smallest absolute Gasteiger partial charge is 0.0696 e. The number of anilines is 1. The molecule has 3 nitrogen and oxygen atoms in total. The lowest BCUT2D eigenvalue weighted by Gasteiger charge is -2.26. The van der Waals surface area contributed by atoms with Gasteiger partial charge in [-0.2, -0.15) is 0 Å². The largest absolute Gasteiger partial charge is 0.392 e. The van der Waals surface area contributed by atoms with Crippen molar-refractivity contribution in [1.29, 1.82) is 0 Å². The lowest BCUT2D eigenvalue weighted by atomic mass is 10.2. The Kier molecular flexibility index (Phi) is 5.06. The highest BCUT2D eigenvalue weighted by molar-refractivity contribution is 6.31. The van der Waals surface area contributed by atoms with E-state index < -0.39 is 0 Å². The number of hydrogen-bond acceptors (Lipinski definition) is 3. The molecule has 0 aliphatic rings. The van der Waals surface area contributed by atoms with Crippen molar-refractivity contribution in [1.82, 2.24) is 0 Å². The molecule has 90 valence electrons. The maximum atomic E-state index is 9.02. The molecule has 0 heterocycles. The van der Waals surface area contributed by atoms with Crippen LogP contribution in [0.4, 0.5) is 5.69 Å². The zero-order valence-electron chi connectivity index (χ0n) is 9.90. The SMILES string of the molecule is COCC(C)N(C)c1ccc(CO)c(Cl)c1. The number of methoxy groups -OCH3 is 1. The predicted octanol–water partition coefficient (Wildman–Crippen LogP) is 2.30. The van der Waals surface area contributed by atoms with Gasteiger partial charge in [0.15, 0.2) is 0 Å². The van der Waals surface area contributed by atoms with Crippen molar-refractivity contribution in [3.63, 3.8) is 0 Å². The topological polar surface area (TPSA) is 32.7 Å². The van der Waals surface area contributed by atoms with Crippen LogP contribution in [0.2, 0.25) is 5.02 Å². The van der Waals surface area contributed by atoms with Gasteiger partial charge in [-0.15, -0.1) is 0 Å². The van der Waals surface area contributed by atoms with Crippen LogP contribution in [0.25, 0.3) is 0 Å². The van der Waals surface area contributed by atoms with E-state index in [1.165, 1.54) is 0 Å². The van der Waals surface area contributed by atoms with Crippen LogP contribution in [-0.2, 0) is 11.3 Å². The van der Waals surface area contributed by atoms with Gasteiger partial charge in [-0.3, -0.25) is 0 Å². The summed E-state index contributed by atoms with van der Waals surface area (Å²) in [6, 6.07) is 5.93. The van der Waals surface area contributed by atoms with Gasteiger partial charge in [0.05, 0.1) is 13.2 Å². The molecule has 0 aliphatic heterocycles. The Morgan fingerprint density at radius 1 is 1.50 bits per heavy atom. The molecule has 1 atom stereocenters. The third kappa shape index (κ3) is 3.11. The normalized spacial score (nSPS) is 12.6. The second kappa shape index (κ2) is 6.09. The highest BCUT2D eigenvalue weighted by Gasteiger charge is 2.11. The third-order valence-corrected chi connectivity index (χ3v) is 3.04. The van der Waals surface area contributed by atoms with Crippen molar-refractivity contribution in [2.75, 3.05) is 25.7 Å². The number of nitrogens with zero attached hydrogens (tertiary/aromatic N) is 1. The Balaban J connectivity index is 2.84. The zero-order chi connectivity index (χ0) is 12.1. The molecule has 0 radical (unpaired) electrons. The van der Waals surface area contributed by atoms with Crippen LogP contribution < -0.4 is 4.90 Å². The van der Waals surface area contributed by atoms with Gasteiger partial charge in [0.25, 0.3) is 0 Å². The fourth-order valence-electron chi connectivity index (χ4n) is 1.49. The number of benzene rings is 1. The van der Waals surface area contributed by atoms with E-state index in [-0.39, 0.29) is 12.6 Å². The second-order valence-corrected chi connectivity index (χ2v) is 4.26. The maximum Gasteiger partial charge on any atom is 0.0696 e. The van der Waals surface area contributed by atoms with Gasteiger partial charge in [0, 0.05) is 30.9 Å². The Labute approximate surface area is 102 Å². The molecule has 1 N–H and O–H groups in total. The number of rotatable bonds is 5. The van der Waals surface area contributed by atoms with Gasteiger partial charge in [0.1, 0.15) is 0 Å². The highest BCUT2D eigenvalue weighted by Crippen LogP contribution is 2.24. The molecule has 0 saturated carbocycles. The van der Waals surface area contributed by atoms with E-state index in [0.29, 0.717) is 11.6 Å². The van der Waals surface area contributed by atoms with E-state index in [1.807, 2.05) is 25.2 Å². The van der Waals surface area contributed by atoms with Gasteiger partial charge in [-0.25, -0.2) is 0 Å². The molecule has 0 fully saturated rings. The van der Waals surface area contributed by atoms with Gasteiger partial charge in [-0.1, -0.05) is 17.7 Å². The average Bonchev–Trinajstić information content (AvgIpc) is 2.28. The fraction of sp³-hybridized carbons (Fsp3) is 0.500. The number of halogens is 1. The van der Waals surface area contributed by atoms with Crippen molar-refractivity contribution < 1.29 is 9.84 Å². The molecule has 1 unspecified atom stereocenters. The average molecular weight is 244 g/mol. The minimum absolute atomic E-state index is 0.0313. The molecule has 1 aromatic rings. The molecule has 1 rings (SSSR count). The number of likely N-dealkylation sites (N-methyl/N-ethyl adjacent to an activating group) is 1. The van der Waals surface area contributed by atoms with E-state index in [9.17, 15) is 0 Å². The van der Waals surface area contributed by atoms with Gasteiger partial charge in [-0.05, 0) is 24.6 Å². The van der Waals surface area contributed by atoms with Crippen LogP contribution in [-0.4, -0.2) is 31.9 Å². The number of aliphatic hydroxyl groups excluding tert-OH is 1. The zero-order valence-corrected chi connectivity index (χ0v) is 10.7. The minimum Gasteiger partial charge on any atom is -0.392 e. The van der Waals surface area contributed by atoms with Crippen LogP contribution in [0, 0.1) is 0 Å². The lowest BCUT2D eigenvalue weighted by molar-refractivity contribution is 0.183. The number of aliphatic hydroxyl groups is 1. The predicted molar refractivity (Wildman–Crippen MR) is 67.1 cm³/mol. The van der Waals surface area contributed by atoms with Gasteiger partial charge < -0.3 is 14.7 Å². The molecule has 0 aromatic heterocycles. The Morgan fingerprint density at radius 2 is 2.19 bits per heavy atom. The van der Waals surface area contributed by atoms with Crippen molar-refractivity contribution >= 4 is 17.3 Å². The molecule has 16 heavy (non-hydrogen) atoms. The molecular weight excluding hydrogens is 226 g/mol. The monoisotopic (exact) mass is 243 g/mol. The Hall–Kier alpha value is -0.770. The van der Waals surface area contributed by atoms with Gasteiger partial charge in [0.2, 0.25) is 0 Å². The van der Waals surface area contributed by atoms with Crippen molar-refractivity contribution in [3.05, 3.63) is 28.8 Å². The summed E-state index contributed by atoms with van der Waals surface area (Å²) in [5.74, 6) is 0. The highest BCUT2D eigenvalue weighted by atomic mass is 35.5. The van der Waals surface area contributed by atoms with E-state index in [4.69, 9.17) is 21.4 Å². The summed E-state index contributed by atoms with van der Waals surface area (Å²) in [5, 5.41) is 9.62. The first kappa shape index (κ1) is 13.3. The molecule has 0 saturated heterocycles. The number of hydrogen-bond donors (Lipinski definition) is 1. The molecule has 4 heteroatoms. The van der Waals surface area contributed by atoms with Crippen LogP contribution in [0.15, 0.2) is 18.2 Å². The van der Waals surface area contributed by atoms with E-state index in [0.717, 1.165) is 11.3 Å². The van der Waals surface area contributed by atoms with Crippen molar-refractivity contribution in [2.45, 2.75) is 19.6 Å². The summed E-state index contributed by atoms with van der Waals surface area (Å²) < 4.78 is 5.11. The first-order valence-corrected chi connectivity index (χ1v) is 5.59. The van der Waals surface area contributed by atoms with Crippen LogP contribution in [0.5, 0.6) is 0 Å². The van der Waals surface area contributed by atoms with E-state index in [1.54, 1.807) is 7.11 Å². The quantitative estimate of drug-likeness (QED) is 0.862. The second-order valence-electron chi connectivity index (χ2n) is 3.85. The standard InChI is InChI=1S/C12H18ClNO2/c1-9(8-16-3)14(2)11-5-4-10(7-15)12(13)6-11/h4-6,9,15H,7-8H2,1-3H3. The molecular formula is C12H18ClNO2. The maximum absolute atomic E-state index is 9.02. The molecule has 0 aliphatic carbocycles. The van der Waals surface area contributed by atoms with Crippen molar-refractivity contribution in [2.24, 2.45) is 0 Å². The first-order valence-electron chi connectivity index (χ1n) is 5.21. The Bertz CT molecular complexity index is 344. The summed E-state index contributed by atoms with van der Waals surface area (Å²) in [5.41, 5.74) is 1.77. The van der Waals surface area contributed by atoms with Crippen LogP contribution in [0.1, 0.15) is 12.5 Å². The minimum atomic E-state index is -0.0313. The van der Waals surface area contributed by atoms with E-state index in [2.05, 4.69) is 11.8 Å².